The molecule has 0 heterocycles. The summed E-state index contributed by atoms with van der Waals surface area (Å²) in [7, 11) is 0. The molecule has 0 atom stereocenters. The molecule has 10 rings (SSSR count). The van der Waals surface area contributed by atoms with Gasteiger partial charge < -0.3 is 4.90 Å². The lowest BCUT2D eigenvalue weighted by Gasteiger charge is -2.28. The molecule has 268 valence electrons. The van der Waals surface area contributed by atoms with Crippen molar-refractivity contribution in [2.75, 3.05) is 4.90 Å². The van der Waals surface area contributed by atoms with Gasteiger partial charge in [0.15, 0.2) is 0 Å². The van der Waals surface area contributed by atoms with E-state index in [-0.39, 0.29) is 0 Å². The minimum atomic E-state index is 1.09. The molecule has 0 spiro atoms. The van der Waals surface area contributed by atoms with Gasteiger partial charge in [0, 0.05) is 16.9 Å². The average Bonchev–Trinajstić information content (AvgIpc) is 3.30. The van der Waals surface area contributed by atoms with Crippen LogP contribution in [0.5, 0.6) is 0 Å². The second-order valence-electron chi connectivity index (χ2n) is 14.6. The Morgan fingerprint density at radius 1 is 0.228 bits per heavy atom. The first kappa shape index (κ1) is 34.0. The van der Waals surface area contributed by atoms with Crippen molar-refractivity contribution >= 4 is 38.6 Å². The van der Waals surface area contributed by atoms with Crippen LogP contribution in [0.3, 0.4) is 0 Å². The van der Waals surface area contributed by atoms with Gasteiger partial charge in [-0.05, 0) is 114 Å². The maximum Gasteiger partial charge on any atom is 0.0540 e. The predicted octanol–water partition coefficient (Wildman–Crippen LogP) is 15.8. The number of para-hydroxylation sites is 1. The van der Waals surface area contributed by atoms with Crippen molar-refractivity contribution in [1.29, 1.82) is 0 Å². The number of nitrogens with zero attached hydrogens (tertiary/aromatic N) is 1. The summed E-state index contributed by atoms with van der Waals surface area (Å²) in [4.78, 5) is 2.41. The van der Waals surface area contributed by atoms with E-state index in [9.17, 15) is 0 Å². The summed E-state index contributed by atoms with van der Waals surface area (Å²) >= 11 is 0. The Hall–Kier alpha value is -7.48. The molecule has 0 amide bonds. The number of hydrogen-bond acceptors (Lipinski definition) is 1. The third-order valence-corrected chi connectivity index (χ3v) is 11.1. The Morgan fingerprint density at radius 2 is 0.737 bits per heavy atom. The topological polar surface area (TPSA) is 3.24 Å². The highest BCUT2D eigenvalue weighted by Crippen LogP contribution is 2.43. The van der Waals surface area contributed by atoms with Gasteiger partial charge in [0.25, 0.3) is 0 Å². The van der Waals surface area contributed by atoms with E-state index in [1.807, 2.05) is 0 Å². The van der Waals surface area contributed by atoms with Crippen LogP contribution >= 0.6 is 0 Å². The van der Waals surface area contributed by atoms with Crippen molar-refractivity contribution < 1.29 is 0 Å². The first-order chi connectivity index (χ1) is 28.2. The van der Waals surface area contributed by atoms with Gasteiger partial charge >= 0.3 is 0 Å². The molecule has 1 nitrogen and oxygen atoms in total. The smallest absolute Gasteiger partial charge is 0.0540 e. The zero-order valence-electron chi connectivity index (χ0n) is 31.5. The SMILES string of the molecule is c1ccc(-c2ccc(-c3ccccc3N(c3ccc(-c4cccc(-c5ccc6ccccc6c5)c4)cc3)c3cccc(-c4cccc5ccccc45)c3)cc2)cc1. The van der Waals surface area contributed by atoms with Gasteiger partial charge in [-0.1, -0.05) is 194 Å². The van der Waals surface area contributed by atoms with Crippen LogP contribution in [-0.2, 0) is 0 Å². The molecule has 0 fully saturated rings. The van der Waals surface area contributed by atoms with Gasteiger partial charge in [-0.3, -0.25) is 0 Å². The summed E-state index contributed by atoms with van der Waals surface area (Å²) in [5.74, 6) is 0. The molecular weight excluding hydrogens is 687 g/mol. The van der Waals surface area contributed by atoms with Gasteiger partial charge in [0.05, 0.1) is 5.69 Å². The van der Waals surface area contributed by atoms with E-state index in [4.69, 9.17) is 0 Å². The van der Waals surface area contributed by atoms with Crippen LogP contribution in [0.25, 0.3) is 77.2 Å². The molecule has 0 aliphatic carbocycles. The quantitative estimate of drug-likeness (QED) is 0.151. The van der Waals surface area contributed by atoms with E-state index in [0.717, 1.165) is 17.1 Å². The van der Waals surface area contributed by atoms with Gasteiger partial charge in [-0.25, -0.2) is 0 Å². The zero-order chi connectivity index (χ0) is 38.0. The minimum Gasteiger partial charge on any atom is -0.310 e. The lowest BCUT2D eigenvalue weighted by Crippen LogP contribution is -2.11. The molecule has 57 heavy (non-hydrogen) atoms. The van der Waals surface area contributed by atoms with E-state index in [0.29, 0.717) is 0 Å². The maximum absolute atomic E-state index is 2.41. The van der Waals surface area contributed by atoms with Crippen molar-refractivity contribution in [3.05, 3.63) is 237 Å². The van der Waals surface area contributed by atoms with E-state index in [1.54, 1.807) is 0 Å². The molecule has 0 aliphatic rings. The molecule has 0 unspecified atom stereocenters. The van der Waals surface area contributed by atoms with Gasteiger partial charge in [-0.2, -0.15) is 0 Å². The molecule has 0 saturated carbocycles. The maximum atomic E-state index is 2.41. The molecule has 0 N–H and O–H groups in total. The van der Waals surface area contributed by atoms with Crippen LogP contribution in [0.15, 0.2) is 237 Å². The largest absolute Gasteiger partial charge is 0.310 e. The lowest BCUT2D eigenvalue weighted by atomic mass is 9.96. The van der Waals surface area contributed by atoms with Crippen LogP contribution < -0.4 is 4.90 Å². The number of benzene rings is 10. The van der Waals surface area contributed by atoms with Crippen LogP contribution in [0, 0.1) is 0 Å². The Bertz CT molecular complexity index is 2990. The Morgan fingerprint density at radius 3 is 1.58 bits per heavy atom. The highest BCUT2D eigenvalue weighted by Gasteiger charge is 2.19. The lowest BCUT2D eigenvalue weighted by molar-refractivity contribution is 1.28. The summed E-state index contributed by atoms with van der Waals surface area (Å²) in [6.45, 7) is 0. The number of anilines is 3. The van der Waals surface area contributed by atoms with Crippen molar-refractivity contribution in [2.45, 2.75) is 0 Å². The summed E-state index contributed by atoms with van der Waals surface area (Å²) in [5.41, 5.74) is 15.3. The van der Waals surface area contributed by atoms with Crippen molar-refractivity contribution in [3.63, 3.8) is 0 Å². The molecule has 0 aliphatic heterocycles. The van der Waals surface area contributed by atoms with Gasteiger partial charge in [-0.15, -0.1) is 0 Å². The van der Waals surface area contributed by atoms with Crippen molar-refractivity contribution in [2.24, 2.45) is 0 Å². The van der Waals surface area contributed by atoms with Crippen LogP contribution in [0.1, 0.15) is 0 Å². The fourth-order valence-corrected chi connectivity index (χ4v) is 8.15. The first-order valence-electron chi connectivity index (χ1n) is 19.6. The third kappa shape index (κ3) is 6.77. The number of rotatable bonds is 8. The normalized spacial score (nSPS) is 11.2. The van der Waals surface area contributed by atoms with Crippen molar-refractivity contribution in [1.82, 2.24) is 0 Å². The molecule has 10 aromatic rings. The first-order valence-corrected chi connectivity index (χ1v) is 19.6. The highest BCUT2D eigenvalue weighted by molar-refractivity contribution is 5.98. The Kier molecular flexibility index (Phi) is 8.95. The second-order valence-corrected chi connectivity index (χ2v) is 14.6. The minimum absolute atomic E-state index is 1.09. The van der Waals surface area contributed by atoms with Crippen LogP contribution in [-0.4, -0.2) is 0 Å². The van der Waals surface area contributed by atoms with Gasteiger partial charge in [0.1, 0.15) is 0 Å². The fourth-order valence-electron chi connectivity index (χ4n) is 8.15. The summed E-state index contributed by atoms with van der Waals surface area (Å²) in [6.07, 6.45) is 0. The van der Waals surface area contributed by atoms with Crippen LogP contribution in [0.4, 0.5) is 17.1 Å². The molecular formula is C56H39N. The average molecular weight is 726 g/mol. The van der Waals surface area contributed by atoms with Gasteiger partial charge in [0.2, 0.25) is 0 Å². The Labute approximate surface area is 334 Å². The predicted molar refractivity (Wildman–Crippen MR) is 243 cm³/mol. The van der Waals surface area contributed by atoms with E-state index in [1.165, 1.54) is 77.2 Å². The highest BCUT2D eigenvalue weighted by atomic mass is 15.1. The summed E-state index contributed by atoms with van der Waals surface area (Å²) in [5, 5.41) is 4.99. The fraction of sp³-hybridized carbons (Fsp3) is 0. The monoisotopic (exact) mass is 725 g/mol. The summed E-state index contributed by atoms with van der Waals surface area (Å²) in [6, 6.07) is 85.7. The Balaban J connectivity index is 1.07. The molecule has 0 radical (unpaired) electrons. The van der Waals surface area contributed by atoms with E-state index < -0.39 is 0 Å². The molecule has 0 bridgehead atoms. The molecule has 10 aromatic carbocycles. The molecule has 0 saturated heterocycles. The number of fused-ring (bicyclic) bond motifs is 2. The zero-order valence-corrected chi connectivity index (χ0v) is 31.5. The van der Waals surface area contributed by atoms with E-state index in [2.05, 4.69) is 241 Å². The molecule has 1 heteroatoms. The summed E-state index contributed by atoms with van der Waals surface area (Å²) < 4.78 is 0. The molecule has 0 aromatic heterocycles. The number of hydrogen-bond donors (Lipinski definition) is 0. The second kappa shape index (κ2) is 15.0. The van der Waals surface area contributed by atoms with Crippen molar-refractivity contribution in [3.8, 4) is 55.6 Å². The standard InChI is InChI=1S/C56H39N/c1-2-13-40(14-3-1)42-27-30-45(31-28-42)55-24-8-9-26-56(55)57(52-22-11-21-50(39-52)54-25-12-18-44-16-6-7-23-53(44)54)51-35-33-43(34-36-51)47-19-10-20-48(37-47)49-32-29-41-15-4-5-17-46(41)38-49/h1-39H. The third-order valence-electron chi connectivity index (χ3n) is 11.1. The van der Waals surface area contributed by atoms with E-state index >= 15 is 0 Å². The van der Waals surface area contributed by atoms with Crippen LogP contribution in [0.2, 0.25) is 0 Å².